The number of aromatic nitrogens is 2. The molecule has 0 spiro atoms. The molecule has 194 valence electrons. The second-order valence-corrected chi connectivity index (χ2v) is 8.49. The molecule has 1 saturated heterocycles. The van der Waals surface area contributed by atoms with E-state index in [1.165, 1.54) is 18.2 Å². The first-order valence-corrected chi connectivity index (χ1v) is 12.4. The summed E-state index contributed by atoms with van der Waals surface area (Å²) in [5, 5.41) is 14.0. The first-order chi connectivity index (χ1) is 17.5. The highest BCUT2D eigenvalue weighted by atomic mass is 19.1. The number of methoxy groups -OCH3 is 1. The maximum absolute atomic E-state index is 14.6. The molecule has 1 aromatic heterocycles. The van der Waals surface area contributed by atoms with Crippen molar-refractivity contribution in [3.63, 3.8) is 0 Å². The van der Waals surface area contributed by atoms with Gasteiger partial charge in [-0.1, -0.05) is 26.0 Å². The van der Waals surface area contributed by atoms with Gasteiger partial charge in [-0.25, -0.2) is 19.2 Å². The number of benzene rings is 2. The number of nitrogens with one attached hydrogen (secondary N) is 1. The van der Waals surface area contributed by atoms with E-state index in [0.29, 0.717) is 31.0 Å². The molecule has 8 nitrogen and oxygen atoms in total. The Bertz CT molecular complexity index is 1150. The summed E-state index contributed by atoms with van der Waals surface area (Å²) in [6.45, 7) is 8.45. The van der Waals surface area contributed by atoms with Crippen LogP contribution in [-0.2, 0) is 9.47 Å². The zero-order valence-electron chi connectivity index (χ0n) is 21.4. The molecule has 1 aliphatic rings. The van der Waals surface area contributed by atoms with Crippen molar-refractivity contribution in [2.45, 2.75) is 33.6 Å². The first-order valence-electron chi connectivity index (χ1n) is 12.4. The average molecular weight is 499 g/mol. The van der Waals surface area contributed by atoms with Gasteiger partial charge in [0.15, 0.2) is 5.82 Å². The maximum atomic E-state index is 14.6. The van der Waals surface area contributed by atoms with Crippen LogP contribution >= 0.6 is 0 Å². The van der Waals surface area contributed by atoms with Crippen LogP contribution in [0, 0.1) is 18.7 Å². The summed E-state index contributed by atoms with van der Waals surface area (Å²) in [4.78, 5) is 23.3. The van der Waals surface area contributed by atoms with Crippen LogP contribution in [-0.4, -0.2) is 61.1 Å². The molecule has 1 fully saturated rings. The smallest absolute Gasteiger partial charge is 0.407 e. The van der Waals surface area contributed by atoms with Crippen molar-refractivity contribution in [3.05, 3.63) is 47.8 Å². The summed E-state index contributed by atoms with van der Waals surface area (Å²) in [7, 11) is 1.55. The van der Waals surface area contributed by atoms with Gasteiger partial charge in [0.05, 0.1) is 17.7 Å². The number of carbonyl (C=O) groups is 1. The third-order valence-corrected chi connectivity index (χ3v) is 5.92. The molecule has 0 saturated carbocycles. The number of aryl methyl sites for hydroxylation is 1. The Morgan fingerprint density at radius 2 is 2.03 bits per heavy atom. The van der Waals surface area contributed by atoms with Gasteiger partial charge in [0, 0.05) is 32.1 Å². The Morgan fingerprint density at radius 3 is 2.78 bits per heavy atom. The third kappa shape index (κ3) is 6.60. The molecule has 0 bridgehead atoms. The molecule has 4 rings (SSSR count). The Kier molecular flexibility index (Phi) is 9.81. The molecule has 2 aromatic carbocycles. The highest BCUT2D eigenvalue weighted by Crippen LogP contribution is 2.35. The van der Waals surface area contributed by atoms with Crippen LogP contribution < -0.4 is 10.2 Å². The fourth-order valence-corrected chi connectivity index (χ4v) is 4.23. The SMILES string of the molecule is CC.COCCOC(=O)NCC1CCCN(c2nc(-c3c(O)cccc3F)nc3cc(C)ccc23)C1. The Balaban J connectivity index is 0.00000176. The van der Waals surface area contributed by atoms with Crippen molar-refractivity contribution in [2.75, 3.05) is 44.9 Å². The van der Waals surface area contributed by atoms with Gasteiger partial charge in [-0.15, -0.1) is 0 Å². The number of halogens is 1. The quantitative estimate of drug-likeness (QED) is 0.439. The normalized spacial score (nSPS) is 15.2. The molecule has 1 unspecified atom stereocenters. The number of hydrogen-bond donors (Lipinski definition) is 2. The van der Waals surface area contributed by atoms with Gasteiger partial charge >= 0.3 is 6.09 Å². The van der Waals surface area contributed by atoms with Crippen LogP contribution in [0.3, 0.4) is 0 Å². The minimum Gasteiger partial charge on any atom is -0.507 e. The van der Waals surface area contributed by atoms with Crippen molar-refractivity contribution >= 4 is 22.8 Å². The lowest BCUT2D eigenvalue weighted by Crippen LogP contribution is -2.41. The lowest BCUT2D eigenvalue weighted by molar-refractivity contribution is 0.0976. The number of amides is 1. The number of hydrogen-bond acceptors (Lipinski definition) is 7. The number of piperidine rings is 1. The van der Waals surface area contributed by atoms with E-state index in [-0.39, 0.29) is 29.7 Å². The summed E-state index contributed by atoms with van der Waals surface area (Å²) in [5.74, 6) is 0.251. The van der Waals surface area contributed by atoms with Crippen molar-refractivity contribution in [1.82, 2.24) is 15.3 Å². The van der Waals surface area contributed by atoms with E-state index < -0.39 is 11.9 Å². The van der Waals surface area contributed by atoms with E-state index in [0.717, 1.165) is 30.3 Å². The van der Waals surface area contributed by atoms with E-state index >= 15 is 0 Å². The molecular formula is C27H35FN4O4. The van der Waals surface area contributed by atoms with Gasteiger partial charge in [-0.2, -0.15) is 0 Å². The number of phenols is 1. The molecule has 1 aliphatic heterocycles. The summed E-state index contributed by atoms with van der Waals surface area (Å²) >= 11 is 0. The Hall–Kier alpha value is -3.46. The zero-order valence-corrected chi connectivity index (χ0v) is 21.4. The van der Waals surface area contributed by atoms with Gasteiger partial charge in [0.25, 0.3) is 0 Å². The highest BCUT2D eigenvalue weighted by Gasteiger charge is 2.25. The fourth-order valence-electron chi connectivity index (χ4n) is 4.23. The lowest BCUT2D eigenvalue weighted by atomic mass is 9.97. The van der Waals surface area contributed by atoms with Crippen LogP contribution in [0.5, 0.6) is 5.75 Å². The van der Waals surface area contributed by atoms with Crippen LogP contribution in [0.4, 0.5) is 15.0 Å². The second kappa shape index (κ2) is 13.0. The Morgan fingerprint density at radius 1 is 1.22 bits per heavy atom. The second-order valence-electron chi connectivity index (χ2n) is 8.49. The summed E-state index contributed by atoms with van der Waals surface area (Å²) in [6, 6.07) is 10.1. The summed E-state index contributed by atoms with van der Waals surface area (Å²) < 4.78 is 24.6. The molecule has 9 heteroatoms. The number of nitrogens with zero attached hydrogens (tertiary/aromatic N) is 3. The van der Waals surface area contributed by atoms with E-state index in [1.54, 1.807) is 7.11 Å². The molecule has 2 N–H and O–H groups in total. The van der Waals surface area contributed by atoms with Crippen molar-refractivity contribution in [2.24, 2.45) is 5.92 Å². The minimum absolute atomic E-state index is 0.0128. The van der Waals surface area contributed by atoms with Gasteiger partial charge < -0.3 is 24.8 Å². The molecule has 3 aromatic rings. The van der Waals surface area contributed by atoms with Gasteiger partial charge in [-0.05, 0) is 55.5 Å². The van der Waals surface area contributed by atoms with E-state index in [4.69, 9.17) is 14.5 Å². The number of phenolic OH excluding ortho intramolecular Hbond substituents is 1. The third-order valence-electron chi connectivity index (χ3n) is 5.92. The number of carbonyl (C=O) groups excluding carboxylic acids is 1. The molecule has 2 heterocycles. The summed E-state index contributed by atoms with van der Waals surface area (Å²) in [5.41, 5.74) is 1.69. The summed E-state index contributed by atoms with van der Waals surface area (Å²) in [6.07, 6.45) is 1.41. The zero-order chi connectivity index (χ0) is 26.1. The monoisotopic (exact) mass is 498 g/mol. The molecule has 36 heavy (non-hydrogen) atoms. The van der Waals surface area contributed by atoms with Crippen LogP contribution in [0.15, 0.2) is 36.4 Å². The standard InChI is InChI=1S/C25H29FN4O4.C2H6/c1-16-8-9-18-20(13-16)28-23(22-19(26)6-3-7-21(22)31)29-24(18)30-10-4-5-17(15-30)14-27-25(32)34-12-11-33-2;1-2/h3,6-9,13,17,31H,4-5,10-12,14-15H2,1-2H3,(H,27,32);1-2H3. The maximum Gasteiger partial charge on any atom is 0.407 e. The topological polar surface area (TPSA) is 96.8 Å². The highest BCUT2D eigenvalue weighted by molar-refractivity contribution is 5.92. The van der Waals surface area contributed by atoms with E-state index in [9.17, 15) is 14.3 Å². The first kappa shape index (κ1) is 27.1. The van der Waals surface area contributed by atoms with E-state index in [1.807, 2.05) is 39.0 Å². The predicted molar refractivity (Wildman–Crippen MR) is 139 cm³/mol. The molecule has 0 aliphatic carbocycles. The van der Waals surface area contributed by atoms with Gasteiger partial charge in [0.2, 0.25) is 0 Å². The lowest BCUT2D eigenvalue weighted by Gasteiger charge is -2.34. The number of rotatable bonds is 7. The molecular weight excluding hydrogens is 463 g/mol. The van der Waals surface area contributed by atoms with Crippen molar-refractivity contribution in [3.8, 4) is 17.1 Å². The van der Waals surface area contributed by atoms with Crippen molar-refractivity contribution < 1.29 is 23.8 Å². The molecule has 1 amide bonds. The van der Waals surface area contributed by atoms with Gasteiger partial charge in [0.1, 0.15) is 24.0 Å². The average Bonchev–Trinajstić information content (AvgIpc) is 2.88. The molecule has 1 atom stereocenters. The van der Waals surface area contributed by atoms with Crippen molar-refractivity contribution in [1.29, 1.82) is 0 Å². The number of fused-ring (bicyclic) bond motifs is 1. The minimum atomic E-state index is -0.578. The number of ether oxygens (including phenoxy) is 2. The van der Waals surface area contributed by atoms with Crippen LogP contribution in [0.25, 0.3) is 22.3 Å². The van der Waals surface area contributed by atoms with Crippen LogP contribution in [0.1, 0.15) is 32.3 Å². The fraction of sp³-hybridized carbons (Fsp3) is 0.444. The number of alkyl carbamates (subject to hydrolysis) is 1. The number of anilines is 1. The molecule has 0 radical (unpaired) electrons. The Labute approximate surface area is 211 Å². The van der Waals surface area contributed by atoms with E-state index in [2.05, 4.69) is 15.2 Å². The predicted octanol–water partition coefficient (Wildman–Crippen LogP) is 5.07. The van der Waals surface area contributed by atoms with Gasteiger partial charge in [-0.3, -0.25) is 0 Å². The van der Waals surface area contributed by atoms with Crippen LogP contribution in [0.2, 0.25) is 0 Å². The largest absolute Gasteiger partial charge is 0.507 e. The number of aromatic hydroxyl groups is 1.